The van der Waals surface area contributed by atoms with Gasteiger partial charge < -0.3 is 14.3 Å². The lowest BCUT2D eigenvalue weighted by Gasteiger charge is -2.03. The van der Waals surface area contributed by atoms with E-state index in [1.807, 2.05) is 12.1 Å². The standard InChI is InChI=1S/C13H14O4S/c1-18-6-5-9-7-17-13-10(9)3-2-4-11(13)16-8-12(14)15/h2-4,7H,5-6,8H2,1H3,(H,14,15). The molecule has 0 fully saturated rings. The van der Waals surface area contributed by atoms with Crippen LogP contribution in [0.1, 0.15) is 5.56 Å². The Morgan fingerprint density at radius 3 is 3.06 bits per heavy atom. The van der Waals surface area contributed by atoms with Gasteiger partial charge in [0.05, 0.1) is 6.26 Å². The number of rotatable bonds is 6. The molecule has 0 saturated heterocycles. The number of ether oxygens (including phenoxy) is 1. The van der Waals surface area contributed by atoms with Crippen LogP contribution in [0.4, 0.5) is 0 Å². The van der Waals surface area contributed by atoms with Gasteiger partial charge >= 0.3 is 5.97 Å². The van der Waals surface area contributed by atoms with Crippen molar-refractivity contribution in [1.82, 2.24) is 0 Å². The third kappa shape index (κ3) is 2.79. The number of furan rings is 1. The van der Waals surface area contributed by atoms with E-state index in [-0.39, 0.29) is 6.61 Å². The Labute approximate surface area is 109 Å². The monoisotopic (exact) mass is 266 g/mol. The molecule has 1 heterocycles. The van der Waals surface area contributed by atoms with Gasteiger partial charge in [-0.15, -0.1) is 0 Å². The van der Waals surface area contributed by atoms with Crippen LogP contribution >= 0.6 is 11.8 Å². The van der Waals surface area contributed by atoms with Gasteiger partial charge in [-0.2, -0.15) is 11.8 Å². The van der Waals surface area contributed by atoms with E-state index in [0.29, 0.717) is 11.3 Å². The van der Waals surface area contributed by atoms with E-state index in [4.69, 9.17) is 14.3 Å². The Balaban J connectivity index is 2.27. The molecule has 1 aromatic carbocycles. The van der Waals surface area contributed by atoms with E-state index in [2.05, 4.69) is 6.26 Å². The Kier molecular flexibility index (Phi) is 4.15. The Bertz CT molecular complexity index is 547. The van der Waals surface area contributed by atoms with Crippen molar-refractivity contribution in [2.24, 2.45) is 0 Å². The van der Waals surface area contributed by atoms with Crippen LogP contribution in [-0.4, -0.2) is 29.7 Å². The fraction of sp³-hybridized carbons (Fsp3) is 0.308. The lowest BCUT2D eigenvalue weighted by Crippen LogP contribution is -2.09. The second kappa shape index (κ2) is 5.82. The van der Waals surface area contributed by atoms with Crippen LogP contribution in [-0.2, 0) is 11.2 Å². The maximum absolute atomic E-state index is 10.5. The van der Waals surface area contributed by atoms with Crippen LogP contribution in [0.5, 0.6) is 5.75 Å². The average molecular weight is 266 g/mol. The van der Waals surface area contributed by atoms with Crippen molar-refractivity contribution in [3.63, 3.8) is 0 Å². The van der Waals surface area contributed by atoms with Crippen molar-refractivity contribution in [1.29, 1.82) is 0 Å². The summed E-state index contributed by atoms with van der Waals surface area (Å²) in [5.74, 6) is 0.501. The van der Waals surface area contributed by atoms with Gasteiger partial charge in [-0.05, 0) is 30.1 Å². The van der Waals surface area contributed by atoms with Crippen molar-refractivity contribution in [2.75, 3.05) is 18.6 Å². The maximum Gasteiger partial charge on any atom is 0.341 e. The van der Waals surface area contributed by atoms with Gasteiger partial charge in [0.1, 0.15) is 0 Å². The highest BCUT2D eigenvalue weighted by Crippen LogP contribution is 2.30. The molecule has 0 aliphatic carbocycles. The van der Waals surface area contributed by atoms with Crippen molar-refractivity contribution in [3.8, 4) is 5.75 Å². The number of carbonyl (C=O) groups is 1. The summed E-state index contributed by atoms with van der Waals surface area (Å²) >= 11 is 1.78. The van der Waals surface area contributed by atoms with Gasteiger partial charge in [0.25, 0.3) is 0 Å². The van der Waals surface area contributed by atoms with Crippen molar-refractivity contribution in [3.05, 3.63) is 30.0 Å². The molecule has 0 atom stereocenters. The highest BCUT2D eigenvalue weighted by Gasteiger charge is 2.11. The Hall–Kier alpha value is -1.62. The molecule has 0 radical (unpaired) electrons. The zero-order valence-corrected chi connectivity index (χ0v) is 10.8. The zero-order chi connectivity index (χ0) is 13.0. The molecule has 0 aliphatic rings. The minimum atomic E-state index is -0.999. The van der Waals surface area contributed by atoms with Gasteiger partial charge in [0.2, 0.25) is 0 Å². The van der Waals surface area contributed by atoms with E-state index < -0.39 is 5.97 Å². The molecule has 0 bridgehead atoms. The third-order valence-corrected chi connectivity index (χ3v) is 3.18. The molecule has 0 saturated carbocycles. The predicted octanol–water partition coefficient (Wildman–Crippen LogP) is 2.80. The Morgan fingerprint density at radius 1 is 1.50 bits per heavy atom. The molecule has 0 unspecified atom stereocenters. The van der Waals surface area contributed by atoms with Crippen LogP contribution < -0.4 is 4.74 Å². The number of para-hydroxylation sites is 1. The van der Waals surface area contributed by atoms with Crippen molar-refractivity contribution < 1.29 is 19.1 Å². The fourth-order valence-electron chi connectivity index (χ4n) is 1.74. The van der Waals surface area contributed by atoms with Gasteiger partial charge in [-0.25, -0.2) is 4.79 Å². The highest BCUT2D eigenvalue weighted by atomic mass is 32.2. The molecule has 0 amide bonds. The minimum Gasteiger partial charge on any atom is -0.479 e. The molecule has 18 heavy (non-hydrogen) atoms. The molecule has 2 aromatic rings. The molecular formula is C13H14O4S. The summed E-state index contributed by atoms with van der Waals surface area (Å²) in [5.41, 5.74) is 1.75. The number of benzene rings is 1. The second-order valence-electron chi connectivity index (χ2n) is 3.82. The molecular weight excluding hydrogens is 252 g/mol. The predicted molar refractivity (Wildman–Crippen MR) is 71.4 cm³/mol. The summed E-state index contributed by atoms with van der Waals surface area (Å²) in [4.78, 5) is 10.5. The first-order chi connectivity index (χ1) is 8.72. The molecule has 4 nitrogen and oxygen atoms in total. The van der Waals surface area contributed by atoms with Crippen LogP contribution in [0.15, 0.2) is 28.9 Å². The number of aliphatic carboxylic acids is 1. The lowest BCUT2D eigenvalue weighted by molar-refractivity contribution is -0.139. The zero-order valence-electron chi connectivity index (χ0n) is 10.0. The van der Waals surface area contributed by atoms with Gasteiger partial charge in [-0.1, -0.05) is 12.1 Å². The smallest absolute Gasteiger partial charge is 0.341 e. The molecule has 5 heteroatoms. The van der Waals surface area contributed by atoms with E-state index in [1.54, 1.807) is 24.1 Å². The molecule has 96 valence electrons. The van der Waals surface area contributed by atoms with Crippen LogP contribution in [0, 0.1) is 0 Å². The van der Waals surface area contributed by atoms with E-state index in [1.165, 1.54) is 0 Å². The minimum absolute atomic E-state index is 0.361. The van der Waals surface area contributed by atoms with Crippen LogP contribution in [0.2, 0.25) is 0 Å². The summed E-state index contributed by atoms with van der Waals surface area (Å²) in [6.07, 6.45) is 4.70. The first kappa shape index (κ1) is 12.8. The number of hydrogen-bond donors (Lipinski definition) is 1. The maximum atomic E-state index is 10.5. The van der Waals surface area contributed by atoms with E-state index >= 15 is 0 Å². The van der Waals surface area contributed by atoms with E-state index in [0.717, 1.165) is 23.1 Å². The summed E-state index contributed by atoms with van der Waals surface area (Å²) < 4.78 is 10.7. The summed E-state index contributed by atoms with van der Waals surface area (Å²) in [7, 11) is 0. The quantitative estimate of drug-likeness (QED) is 0.871. The van der Waals surface area contributed by atoms with Gasteiger partial charge in [-0.3, -0.25) is 0 Å². The Morgan fingerprint density at radius 2 is 2.33 bits per heavy atom. The topological polar surface area (TPSA) is 59.7 Å². The largest absolute Gasteiger partial charge is 0.479 e. The number of thioether (sulfide) groups is 1. The molecule has 1 N–H and O–H groups in total. The number of carboxylic acids is 1. The van der Waals surface area contributed by atoms with Gasteiger partial charge in [0, 0.05) is 5.39 Å². The van der Waals surface area contributed by atoms with E-state index in [9.17, 15) is 4.79 Å². The van der Waals surface area contributed by atoms with Crippen molar-refractivity contribution >= 4 is 28.7 Å². The third-order valence-electron chi connectivity index (χ3n) is 2.57. The summed E-state index contributed by atoms with van der Waals surface area (Å²) in [6.45, 7) is -0.361. The normalized spacial score (nSPS) is 10.7. The first-order valence-electron chi connectivity index (χ1n) is 5.55. The van der Waals surface area contributed by atoms with Crippen LogP contribution in [0.25, 0.3) is 11.0 Å². The molecule has 0 aliphatic heterocycles. The molecule has 2 rings (SSSR count). The summed E-state index contributed by atoms with van der Waals surface area (Å²) in [6, 6.07) is 5.52. The number of aryl methyl sites for hydroxylation is 1. The summed E-state index contributed by atoms with van der Waals surface area (Å²) in [5, 5.41) is 9.60. The van der Waals surface area contributed by atoms with Gasteiger partial charge in [0.15, 0.2) is 17.9 Å². The number of hydrogen-bond acceptors (Lipinski definition) is 4. The average Bonchev–Trinajstić information content (AvgIpc) is 2.77. The number of carboxylic acid groups (broad SMARTS) is 1. The SMILES string of the molecule is CSCCc1coc2c(OCC(=O)O)cccc12. The molecule has 0 spiro atoms. The van der Waals surface area contributed by atoms with Crippen molar-refractivity contribution in [2.45, 2.75) is 6.42 Å². The highest BCUT2D eigenvalue weighted by molar-refractivity contribution is 7.98. The van der Waals surface area contributed by atoms with Crippen LogP contribution in [0.3, 0.4) is 0 Å². The second-order valence-corrected chi connectivity index (χ2v) is 4.80. The first-order valence-corrected chi connectivity index (χ1v) is 6.94. The lowest BCUT2D eigenvalue weighted by atomic mass is 10.1. The fourth-order valence-corrected chi connectivity index (χ4v) is 2.17. The molecule has 1 aromatic heterocycles. The number of fused-ring (bicyclic) bond motifs is 1.